The van der Waals surface area contributed by atoms with E-state index in [2.05, 4.69) is 15.9 Å². The topological polar surface area (TPSA) is 29.5 Å². The van der Waals surface area contributed by atoms with Gasteiger partial charge in [-0.3, -0.25) is 0 Å². The maximum Gasteiger partial charge on any atom is 0.141 e. The first kappa shape index (κ1) is 14.0. The molecule has 4 heteroatoms. The molecule has 0 aliphatic rings. The monoisotopic (exact) mass is 324 g/mol. The van der Waals surface area contributed by atoms with Crippen LogP contribution in [0.5, 0.6) is 11.5 Å². The zero-order chi connectivity index (χ0) is 13.8. The zero-order valence-corrected chi connectivity index (χ0v) is 12.0. The normalized spacial score (nSPS) is 12.2. The molecular weight excluding hydrogens is 311 g/mol. The molecule has 0 radical (unpaired) electrons. The Bertz CT molecular complexity index is 555. The summed E-state index contributed by atoms with van der Waals surface area (Å²) in [6.07, 6.45) is 0.218. The maximum atomic E-state index is 13.0. The van der Waals surface area contributed by atoms with Crippen LogP contribution in [0.15, 0.2) is 46.9 Å². The number of benzene rings is 2. The smallest absolute Gasteiger partial charge is 0.141 e. The molecule has 0 unspecified atom stereocenters. The van der Waals surface area contributed by atoms with Crippen LogP contribution in [-0.4, -0.2) is 5.11 Å². The van der Waals surface area contributed by atoms with Crippen LogP contribution in [0.1, 0.15) is 25.0 Å². The summed E-state index contributed by atoms with van der Waals surface area (Å²) in [6.45, 7) is 1.92. The van der Waals surface area contributed by atoms with Crippen molar-refractivity contribution < 1.29 is 14.2 Å². The SMILES string of the molecule is CC[C@H](O)c1ccc(Oc2ccc(F)cc2Br)cc1. The van der Waals surface area contributed by atoms with Gasteiger partial charge in [0.05, 0.1) is 10.6 Å². The lowest BCUT2D eigenvalue weighted by atomic mass is 10.1. The second-order valence-corrected chi connectivity index (χ2v) is 5.02. The molecule has 0 fully saturated rings. The van der Waals surface area contributed by atoms with Gasteiger partial charge in [0.15, 0.2) is 0 Å². The lowest BCUT2D eigenvalue weighted by Crippen LogP contribution is -1.94. The molecule has 0 saturated carbocycles. The summed E-state index contributed by atoms with van der Waals surface area (Å²) < 4.78 is 19.2. The third kappa shape index (κ3) is 3.55. The highest BCUT2D eigenvalue weighted by Crippen LogP contribution is 2.30. The van der Waals surface area contributed by atoms with Gasteiger partial charge in [0, 0.05) is 0 Å². The molecule has 2 aromatic rings. The minimum absolute atomic E-state index is 0.319. The Balaban J connectivity index is 2.15. The molecule has 2 aromatic carbocycles. The fourth-order valence-electron chi connectivity index (χ4n) is 1.68. The van der Waals surface area contributed by atoms with E-state index in [1.807, 2.05) is 19.1 Å². The molecule has 0 amide bonds. The third-order valence-corrected chi connectivity index (χ3v) is 3.39. The molecule has 0 aromatic heterocycles. The molecule has 0 aliphatic heterocycles. The molecule has 0 bridgehead atoms. The van der Waals surface area contributed by atoms with Crippen LogP contribution < -0.4 is 4.74 Å². The highest BCUT2D eigenvalue weighted by Gasteiger charge is 2.07. The number of hydrogen-bond acceptors (Lipinski definition) is 2. The molecule has 0 saturated heterocycles. The average Bonchev–Trinajstić information content (AvgIpc) is 2.42. The van der Waals surface area contributed by atoms with Gasteiger partial charge < -0.3 is 9.84 Å². The average molecular weight is 325 g/mol. The van der Waals surface area contributed by atoms with Gasteiger partial charge >= 0.3 is 0 Å². The fourth-order valence-corrected chi connectivity index (χ4v) is 2.11. The molecule has 0 aliphatic carbocycles. The van der Waals surface area contributed by atoms with E-state index in [9.17, 15) is 9.50 Å². The first-order valence-electron chi connectivity index (χ1n) is 6.01. The van der Waals surface area contributed by atoms with Gasteiger partial charge in [0.2, 0.25) is 0 Å². The van der Waals surface area contributed by atoms with Crippen molar-refractivity contribution in [2.24, 2.45) is 0 Å². The molecule has 1 N–H and O–H groups in total. The summed E-state index contributed by atoms with van der Waals surface area (Å²) in [5.41, 5.74) is 0.855. The summed E-state index contributed by atoms with van der Waals surface area (Å²) >= 11 is 3.25. The Morgan fingerprint density at radius 3 is 2.47 bits per heavy atom. The van der Waals surface area contributed by atoms with Crippen LogP contribution in [0.2, 0.25) is 0 Å². The number of halogens is 2. The molecule has 2 nitrogen and oxygen atoms in total. The molecule has 0 spiro atoms. The third-order valence-electron chi connectivity index (χ3n) is 2.77. The number of ether oxygens (including phenoxy) is 1. The molecule has 100 valence electrons. The molecule has 1 atom stereocenters. The summed E-state index contributed by atoms with van der Waals surface area (Å²) in [4.78, 5) is 0. The minimum Gasteiger partial charge on any atom is -0.456 e. The minimum atomic E-state index is -0.452. The fraction of sp³-hybridized carbons (Fsp3) is 0.200. The van der Waals surface area contributed by atoms with Crippen LogP contribution >= 0.6 is 15.9 Å². The van der Waals surface area contributed by atoms with E-state index >= 15 is 0 Å². The van der Waals surface area contributed by atoms with Crippen LogP contribution in [0.4, 0.5) is 4.39 Å². The number of aliphatic hydroxyl groups excluding tert-OH is 1. The number of rotatable bonds is 4. The summed E-state index contributed by atoms with van der Waals surface area (Å²) in [5, 5.41) is 9.69. The molecule has 2 rings (SSSR count). The van der Waals surface area contributed by atoms with Crippen molar-refractivity contribution in [2.45, 2.75) is 19.4 Å². The van der Waals surface area contributed by atoms with Gasteiger partial charge in [-0.15, -0.1) is 0 Å². The Hall–Kier alpha value is -1.39. The van der Waals surface area contributed by atoms with Gasteiger partial charge in [0.1, 0.15) is 17.3 Å². The van der Waals surface area contributed by atoms with Gasteiger partial charge in [-0.1, -0.05) is 19.1 Å². The lowest BCUT2D eigenvalue weighted by Gasteiger charge is -2.10. The predicted molar refractivity (Wildman–Crippen MR) is 75.9 cm³/mol. The van der Waals surface area contributed by atoms with Gasteiger partial charge in [-0.2, -0.15) is 0 Å². The van der Waals surface area contributed by atoms with E-state index in [4.69, 9.17) is 4.74 Å². The second-order valence-electron chi connectivity index (χ2n) is 4.17. The van der Waals surface area contributed by atoms with Crippen molar-refractivity contribution in [1.29, 1.82) is 0 Å². The lowest BCUT2D eigenvalue weighted by molar-refractivity contribution is 0.173. The molecule has 19 heavy (non-hydrogen) atoms. The maximum absolute atomic E-state index is 13.0. The van der Waals surface area contributed by atoms with E-state index in [0.29, 0.717) is 22.4 Å². The number of aliphatic hydroxyl groups is 1. The standard InChI is InChI=1S/C15H14BrFO2/c1-2-14(18)10-3-6-12(7-4-10)19-15-8-5-11(17)9-13(15)16/h3-9,14,18H,2H2,1H3/t14-/m0/s1. The summed E-state index contributed by atoms with van der Waals surface area (Å²) in [6, 6.07) is 11.5. The van der Waals surface area contributed by atoms with Crippen molar-refractivity contribution in [3.05, 3.63) is 58.3 Å². The Labute approximate surface area is 120 Å². The first-order chi connectivity index (χ1) is 9.10. The number of hydrogen-bond donors (Lipinski definition) is 1. The summed E-state index contributed by atoms with van der Waals surface area (Å²) in [5.74, 6) is 0.866. The molecule has 0 heterocycles. The van der Waals surface area contributed by atoms with Crippen molar-refractivity contribution in [1.82, 2.24) is 0 Å². The first-order valence-corrected chi connectivity index (χ1v) is 6.80. The van der Waals surface area contributed by atoms with Gasteiger partial charge in [0.25, 0.3) is 0 Å². The van der Waals surface area contributed by atoms with Crippen LogP contribution in [0, 0.1) is 5.82 Å². The predicted octanol–water partition coefficient (Wildman–Crippen LogP) is 4.82. The highest BCUT2D eigenvalue weighted by atomic mass is 79.9. The summed E-state index contributed by atoms with van der Waals surface area (Å²) in [7, 11) is 0. The highest BCUT2D eigenvalue weighted by molar-refractivity contribution is 9.10. The second kappa shape index (κ2) is 6.17. The van der Waals surface area contributed by atoms with E-state index < -0.39 is 6.10 Å². The Morgan fingerprint density at radius 2 is 1.89 bits per heavy atom. The van der Waals surface area contributed by atoms with Crippen LogP contribution in [0.25, 0.3) is 0 Å². The van der Waals surface area contributed by atoms with E-state index in [0.717, 1.165) is 5.56 Å². The van der Waals surface area contributed by atoms with Gasteiger partial charge in [-0.25, -0.2) is 4.39 Å². The van der Waals surface area contributed by atoms with Gasteiger partial charge in [-0.05, 0) is 58.2 Å². The largest absolute Gasteiger partial charge is 0.456 e. The quantitative estimate of drug-likeness (QED) is 0.873. The van der Waals surface area contributed by atoms with Crippen molar-refractivity contribution in [3.8, 4) is 11.5 Å². The zero-order valence-electron chi connectivity index (χ0n) is 10.4. The molecular formula is C15H14BrFO2. The van der Waals surface area contributed by atoms with Crippen molar-refractivity contribution in [3.63, 3.8) is 0 Å². The van der Waals surface area contributed by atoms with E-state index in [1.165, 1.54) is 12.1 Å². The van der Waals surface area contributed by atoms with Crippen molar-refractivity contribution in [2.75, 3.05) is 0 Å². The Kier molecular flexibility index (Phi) is 4.56. The van der Waals surface area contributed by atoms with Crippen LogP contribution in [-0.2, 0) is 0 Å². The van der Waals surface area contributed by atoms with Crippen LogP contribution in [0.3, 0.4) is 0 Å². The van der Waals surface area contributed by atoms with E-state index in [1.54, 1.807) is 18.2 Å². The van der Waals surface area contributed by atoms with Crippen molar-refractivity contribution >= 4 is 15.9 Å². The van der Waals surface area contributed by atoms with E-state index in [-0.39, 0.29) is 5.82 Å². The Morgan fingerprint density at radius 1 is 1.21 bits per heavy atom.